The number of hydrogen-bond donors (Lipinski definition) is 1. The maximum absolute atomic E-state index is 11.2. The van der Waals surface area contributed by atoms with E-state index >= 15 is 0 Å². The highest BCUT2D eigenvalue weighted by Gasteiger charge is 2.14. The number of hydrogen-bond acceptors (Lipinski definition) is 4. The van der Waals surface area contributed by atoms with Crippen LogP contribution in [0.25, 0.3) is 0 Å². The second-order valence-corrected chi connectivity index (χ2v) is 4.17. The molecule has 0 unspecified atom stereocenters. The Kier molecular flexibility index (Phi) is 3.69. The third kappa shape index (κ3) is 2.48. The first-order chi connectivity index (χ1) is 7.10. The number of carbonyl (C=O) groups is 1. The highest BCUT2D eigenvalue weighted by atomic mass is 32.1. The molecule has 1 N–H and O–H groups in total. The van der Waals surface area contributed by atoms with Crippen molar-refractivity contribution < 1.29 is 9.53 Å². The van der Waals surface area contributed by atoms with Crippen LogP contribution in [0.5, 0.6) is 0 Å². The van der Waals surface area contributed by atoms with E-state index in [9.17, 15) is 4.79 Å². The maximum atomic E-state index is 11.2. The van der Waals surface area contributed by atoms with Crippen molar-refractivity contribution in [1.29, 1.82) is 5.26 Å². The van der Waals surface area contributed by atoms with E-state index < -0.39 is 6.09 Å². The summed E-state index contributed by atoms with van der Waals surface area (Å²) in [6, 6.07) is 2.07. The lowest BCUT2D eigenvalue weighted by Crippen LogP contribution is -2.13. The van der Waals surface area contributed by atoms with Crippen LogP contribution in [0.2, 0.25) is 0 Å². The van der Waals surface area contributed by atoms with Gasteiger partial charge in [-0.05, 0) is 26.3 Å². The van der Waals surface area contributed by atoms with Crippen molar-refractivity contribution in [2.24, 2.45) is 0 Å². The van der Waals surface area contributed by atoms with Crippen molar-refractivity contribution >= 4 is 22.4 Å². The number of carbonyl (C=O) groups excluding carboxylic acids is 1. The number of nitrogens with one attached hydrogen (secondary N) is 1. The first-order valence-electron chi connectivity index (χ1n) is 4.54. The molecule has 0 fully saturated rings. The fraction of sp³-hybridized carbons (Fsp3) is 0.400. The number of rotatable bonds is 2. The zero-order valence-electron chi connectivity index (χ0n) is 8.88. The molecular weight excluding hydrogens is 212 g/mol. The predicted molar refractivity (Wildman–Crippen MR) is 59.2 cm³/mol. The summed E-state index contributed by atoms with van der Waals surface area (Å²) in [5.41, 5.74) is 1.43. The van der Waals surface area contributed by atoms with Crippen molar-refractivity contribution in [1.82, 2.24) is 0 Å². The van der Waals surface area contributed by atoms with E-state index in [-0.39, 0.29) is 0 Å². The van der Waals surface area contributed by atoms with E-state index in [0.29, 0.717) is 17.2 Å². The first-order valence-corrected chi connectivity index (χ1v) is 5.35. The van der Waals surface area contributed by atoms with Gasteiger partial charge in [0.05, 0.1) is 12.2 Å². The van der Waals surface area contributed by atoms with E-state index in [1.54, 1.807) is 6.92 Å². The lowest BCUT2D eigenvalue weighted by molar-refractivity contribution is 0.168. The summed E-state index contributed by atoms with van der Waals surface area (Å²) < 4.78 is 4.74. The standard InChI is InChI=1S/C10H12N2O2S/c1-4-14-10(13)12-9-8(5-11)6(2)7(3)15-9/h4H2,1-3H3,(H,12,13). The zero-order valence-corrected chi connectivity index (χ0v) is 9.70. The molecule has 1 amide bonds. The van der Waals surface area contributed by atoms with E-state index in [1.807, 2.05) is 13.8 Å². The molecule has 0 aromatic carbocycles. The van der Waals surface area contributed by atoms with Crippen molar-refractivity contribution in [2.75, 3.05) is 11.9 Å². The molecule has 4 nitrogen and oxygen atoms in total. The van der Waals surface area contributed by atoms with Crippen LogP contribution in [-0.4, -0.2) is 12.7 Å². The summed E-state index contributed by atoms with van der Waals surface area (Å²) in [5, 5.41) is 12.0. The molecule has 80 valence electrons. The lowest BCUT2D eigenvalue weighted by atomic mass is 10.2. The molecule has 0 saturated carbocycles. The minimum Gasteiger partial charge on any atom is -0.450 e. The highest BCUT2D eigenvalue weighted by molar-refractivity contribution is 7.16. The summed E-state index contributed by atoms with van der Waals surface area (Å²) in [7, 11) is 0. The van der Waals surface area contributed by atoms with Crippen molar-refractivity contribution in [2.45, 2.75) is 20.8 Å². The normalized spacial score (nSPS) is 9.47. The van der Waals surface area contributed by atoms with Crippen LogP contribution in [0.3, 0.4) is 0 Å². The molecule has 1 aromatic heterocycles. The van der Waals surface area contributed by atoms with Gasteiger partial charge in [-0.15, -0.1) is 11.3 Å². The van der Waals surface area contributed by atoms with Crippen LogP contribution >= 0.6 is 11.3 Å². The average molecular weight is 224 g/mol. The number of nitriles is 1. The van der Waals surface area contributed by atoms with Gasteiger partial charge in [-0.1, -0.05) is 0 Å². The fourth-order valence-corrected chi connectivity index (χ4v) is 2.11. The summed E-state index contributed by atoms with van der Waals surface area (Å²) in [6.45, 7) is 5.82. The molecule has 15 heavy (non-hydrogen) atoms. The Bertz CT molecular complexity index is 418. The second kappa shape index (κ2) is 4.80. The molecular formula is C10H12N2O2S. The number of thiophene rings is 1. The molecule has 1 aromatic rings. The van der Waals surface area contributed by atoms with E-state index in [1.165, 1.54) is 11.3 Å². The van der Waals surface area contributed by atoms with Gasteiger partial charge in [0.1, 0.15) is 11.1 Å². The number of ether oxygens (including phenoxy) is 1. The van der Waals surface area contributed by atoms with Gasteiger partial charge in [0.15, 0.2) is 0 Å². The van der Waals surface area contributed by atoms with Gasteiger partial charge in [-0.25, -0.2) is 4.79 Å². The Morgan fingerprint density at radius 1 is 1.60 bits per heavy atom. The molecule has 0 radical (unpaired) electrons. The molecule has 0 aliphatic carbocycles. The topological polar surface area (TPSA) is 62.1 Å². The van der Waals surface area contributed by atoms with E-state index in [4.69, 9.17) is 10.00 Å². The molecule has 1 rings (SSSR count). The maximum Gasteiger partial charge on any atom is 0.412 e. The molecule has 1 heterocycles. The zero-order chi connectivity index (χ0) is 11.4. The second-order valence-electron chi connectivity index (χ2n) is 2.94. The largest absolute Gasteiger partial charge is 0.450 e. The van der Waals surface area contributed by atoms with Gasteiger partial charge >= 0.3 is 6.09 Å². The Labute approximate surface area is 92.5 Å². The SMILES string of the molecule is CCOC(=O)Nc1sc(C)c(C)c1C#N. The van der Waals surface area contributed by atoms with Crippen LogP contribution in [0.4, 0.5) is 9.80 Å². The summed E-state index contributed by atoms with van der Waals surface area (Å²) >= 11 is 1.39. The van der Waals surface area contributed by atoms with Crippen LogP contribution in [0.1, 0.15) is 22.9 Å². The first kappa shape index (κ1) is 11.5. The van der Waals surface area contributed by atoms with Crippen molar-refractivity contribution in [3.05, 3.63) is 16.0 Å². The summed E-state index contributed by atoms with van der Waals surface area (Å²) in [5.74, 6) is 0. The third-order valence-electron chi connectivity index (χ3n) is 1.99. The quantitative estimate of drug-likeness (QED) is 0.840. The van der Waals surface area contributed by atoms with Crippen LogP contribution in [-0.2, 0) is 4.74 Å². The third-order valence-corrected chi connectivity index (χ3v) is 3.11. The molecule has 0 atom stereocenters. The Balaban J connectivity index is 2.91. The van der Waals surface area contributed by atoms with Crippen LogP contribution in [0, 0.1) is 25.2 Å². The summed E-state index contributed by atoms with van der Waals surface area (Å²) in [4.78, 5) is 12.2. The lowest BCUT2D eigenvalue weighted by Gasteiger charge is -2.02. The van der Waals surface area contributed by atoms with E-state index in [0.717, 1.165) is 10.4 Å². The predicted octanol–water partition coefficient (Wildman–Crippen LogP) is 2.81. The Hall–Kier alpha value is -1.54. The molecule has 0 aliphatic heterocycles. The molecule has 0 bridgehead atoms. The van der Waals surface area contributed by atoms with Crippen LogP contribution in [0.15, 0.2) is 0 Å². The number of anilines is 1. The number of nitrogens with zero attached hydrogens (tertiary/aromatic N) is 1. The minimum absolute atomic E-state index is 0.317. The van der Waals surface area contributed by atoms with E-state index in [2.05, 4.69) is 11.4 Å². The number of aryl methyl sites for hydroxylation is 1. The molecule has 0 aliphatic rings. The molecule has 0 saturated heterocycles. The molecule has 0 spiro atoms. The molecule has 5 heteroatoms. The fourth-order valence-electron chi connectivity index (χ4n) is 1.11. The smallest absolute Gasteiger partial charge is 0.412 e. The number of amides is 1. The van der Waals surface area contributed by atoms with Gasteiger partial charge < -0.3 is 4.74 Å². The summed E-state index contributed by atoms with van der Waals surface area (Å²) in [6.07, 6.45) is -0.518. The van der Waals surface area contributed by atoms with Gasteiger partial charge in [0, 0.05) is 4.88 Å². The average Bonchev–Trinajstić information content (AvgIpc) is 2.42. The highest BCUT2D eigenvalue weighted by Crippen LogP contribution is 2.31. The Morgan fingerprint density at radius 2 is 2.27 bits per heavy atom. The van der Waals surface area contributed by atoms with Crippen molar-refractivity contribution in [3.8, 4) is 6.07 Å². The Morgan fingerprint density at radius 3 is 2.80 bits per heavy atom. The van der Waals surface area contributed by atoms with Gasteiger partial charge in [-0.2, -0.15) is 5.26 Å². The van der Waals surface area contributed by atoms with Gasteiger partial charge in [-0.3, -0.25) is 5.32 Å². The van der Waals surface area contributed by atoms with Gasteiger partial charge in [0.25, 0.3) is 0 Å². The van der Waals surface area contributed by atoms with Gasteiger partial charge in [0.2, 0.25) is 0 Å². The monoisotopic (exact) mass is 224 g/mol. The minimum atomic E-state index is -0.518. The van der Waals surface area contributed by atoms with Crippen LogP contribution < -0.4 is 5.32 Å². The van der Waals surface area contributed by atoms with Crippen molar-refractivity contribution in [3.63, 3.8) is 0 Å².